The van der Waals surface area contributed by atoms with Gasteiger partial charge in [-0.1, -0.05) is 12.1 Å². The Bertz CT molecular complexity index is 871. The molecule has 0 aliphatic heterocycles. The molecule has 10 heteroatoms. The van der Waals surface area contributed by atoms with Gasteiger partial charge in [-0.05, 0) is 43.3 Å². The smallest absolute Gasteiger partial charge is 0.441 e. The lowest BCUT2D eigenvalue weighted by Crippen LogP contribution is -2.69. The number of halogens is 4. The summed E-state index contributed by atoms with van der Waals surface area (Å²) in [5.41, 5.74) is -4.55. The molecule has 2 aromatic rings. The first-order valence-corrected chi connectivity index (χ1v) is 8.38. The summed E-state index contributed by atoms with van der Waals surface area (Å²) in [5, 5.41) is 3.40. The molecule has 1 amide bonds. The summed E-state index contributed by atoms with van der Waals surface area (Å²) in [6.07, 6.45) is -5.37. The fraction of sp³-hybridized carbons (Fsp3) is 0.263. The number of rotatable bonds is 7. The van der Waals surface area contributed by atoms with Crippen molar-refractivity contribution in [3.05, 3.63) is 59.9 Å². The predicted octanol–water partition coefficient (Wildman–Crippen LogP) is 3.50. The van der Waals surface area contributed by atoms with Crippen LogP contribution >= 0.6 is 0 Å². The molecule has 2 rings (SSSR count). The van der Waals surface area contributed by atoms with E-state index in [0.29, 0.717) is 5.75 Å². The van der Waals surface area contributed by atoms with Crippen molar-refractivity contribution in [2.24, 2.45) is 0 Å². The number of nitrogens with one attached hydrogen (secondary N) is 2. The second-order valence-electron chi connectivity index (χ2n) is 5.76. The molecule has 0 saturated heterocycles. The number of para-hydroxylation sites is 1. The number of amides is 1. The molecule has 0 heterocycles. The zero-order chi connectivity index (χ0) is 21.7. The number of methoxy groups -OCH3 is 1. The van der Waals surface area contributed by atoms with Gasteiger partial charge in [-0.25, -0.2) is 9.18 Å². The number of carbonyl (C=O) groups excluding carboxylic acids is 2. The Morgan fingerprint density at radius 1 is 1.03 bits per heavy atom. The number of hydrogen-bond acceptors (Lipinski definition) is 5. The van der Waals surface area contributed by atoms with Gasteiger partial charge in [-0.3, -0.25) is 4.79 Å². The molecule has 0 spiro atoms. The van der Waals surface area contributed by atoms with Crippen molar-refractivity contribution in [3.8, 4) is 5.75 Å². The van der Waals surface area contributed by atoms with Crippen LogP contribution in [-0.2, 0) is 9.53 Å². The first kappa shape index (κ1) is 22.0. The van der Waals surface area contributed by atoms with E-state index in [0.717, 1.165) is 12.1 Å². The van der Waals surface area contributed by atoms with Gasteiger partial charge in [0, 0.05) is 5.56 Å². The minimum Gasteiger partial charge on any atom is -0.497 e. The number of alkyl halides is 3. The highest BCUT2D eigenvalue weighted by molar-refractivity contribution is 5.99. The quantitative estimate of drug-likeness (QED) is 0.412. The van der Waals surface area contributed by atoms with E-state index in [-0.39, 0.29) is 5.56 Å². The molecule has 0 aliphatic carbocycles. The first-order chi connectivity index (χ1) is 13.6. The van der Waals surface area contributed by atoms with Crippen molar-refractivity contribution in [1.82, 2.24) is 5.32 Å². The van der Waals surface area contributed by atoms with Gasteiger partial charge < -0.3 is 20.1 Å². The summed E-state index contributed by atoms with van der Waals surface area (Å²) in [5.74, 6) is -3.75. The van der Waals surface area contributed by atoms with Gasteiger partial charge in [0.2, 0.25) is 0 Å². The van der Waals surface area contributed by atoms with E-state index in [1.807, 2.05) is 0 Å². The molecule has 2 N–H and O–H groups in total. The van der Waals surface area contributed by atoms with Crippen LogP contribution in [0.1, 0.15) is 17.3 Å². The van der Waals surface area contributed by atoms with E-state index in [4.69, 9.17) is 4.74 Å². The molecule has 0 aliphatic rings. The monoisotopic (exact) mass is 414 g/mol. The molecule has 6 nitrogen and oxygen atoms in total. The summed E-state index contributed by atoms with van der Waals surface area (Å²) >= 11 is 0. The predicted molar refractivity (Wildman–Crippen MR) is 95.9 cm³/mol. The molecule has 0 saturated carbocycles. The lowest BCUT2D eigenvalue weighted by molar-refractivity contribution is -0.204. The van der Waals surface area contributed by atoms with Crippen LogP contribution in [0.5, 0.6) is 5.75 Å². The van der Waals surface area contributed by atoms with Crippen molar-refractivity contribution in [2.45, 2.75) is 18.8 Å². The molecule has 0 fully saturated rings. The number of benzene rings is 2. The van der Waals surface area contributed by atoms with Crippen LogP contribution in [0.2, 0.25) is 0 Å². The van der Waals surface area contributed by atoms with E-state index < -0.39 is 41.8 Å². The molecule has 0 radical (unpaired) electrons. The maximum absolute atomic E-state index is 14.0. The largest absolute Gasteiger partial charge is 0.497 e. The Morgan fingerprint density at radius 3 is 2.17 bits per heavy atom. The Morgan fingerprint density at radius 2 is 1.66 bits per heavy atom. The van der Waals surface area contributed by atoms with Gasteiger partial charge in [0.1, 0.15) is 11.6 Å². The highest BCUT2D eigenvalue weighted by Crippen LogP contribution is 2.34. The Labute approximate surface area is 163 Å². The molecular formula is C19H18F4N2O4. The Hall–Kier alpha value is -3.30. The van der Waals surface area contributed by atoms with Gasteiger partial charge in [-0.2, -0.15) is 13.2 Å². The van der Waals surface area contributed by atoms with Gasteiger partial charge in [-0.15, -0.1) is 0 Å². The maximum atomic E-state index is 14.0. The second-order valence-corrected chi connectivity index (χ2v) is 5.76. The standard InChI is InChI=1S/C19H18F4N2O4/c1-3-29-17(27)18(19(21,22)23,24-15-7-5-4-6-14(15)20)25-16(26)12-8-10-13(28-2)11-9-12/h4-11,24H,3H2,1-2H3,(H,25,26)/t18-/m1/s1. The first-order valence-electron chi connectivity index (χ1n) is 8.38. The third kappa shape index (κ3) is 4.76. The van der Waals surface area contributed by atoms with Gasteiger partial charge in [0.15, 0.2) is 0 Å². The van der Waals surface area contributed by atoms with E-state index in [2.05, 4.69) is 4.74 Å². The molecule has 0 bridgehead atoms. The average Bonchev–Trinajstić information content (AvgIpc) is 2.68. The van der Waals surface area contributed by atoms with E-state index >= 15 is 0 Å². The summed E-state index contributed by atoms with van der Waals surface area (Å²) < 4.78 is 65.6. The molecular weight excluding hydrogens is 396 g/mol. The molecule has 0 aromatic heterocycles. The fourth-order valence-corrected chi connectivity index (χ4v) is 2.38. The second kappa shape index (κ2) is 8.80. The summed E-state index contributed by atoms with van der Waals surface area (Å²) in [7, 11) is 1.38. The number of carbonyl (C=O) groups is 2. The molecule has 29 heavy (non-hydrogen) atoms. The maximum Gasteiger partial charge on any atom is 0.441 e. The third-order valence-corrected chi connectivity index (χ3v) is 3.86. The van der Waals surface area contributed by atoms with Crippen molar-refractivity contribution < 1.29 is 36.6 Å². The van der Waals surface area contributed by atoms with Crippen LogP contribution in [0.15, 0.2) is 48.5 Å². The number of anilines is 1. The van der Waals surface area contributed by atoms with E-state index in [9.17, 15) is 27.2 Å². The minimum absolute atomic E-state index is 0.181. The topological polar surface area (TPSA) is 76.7 Å². The zero-order valence-corrected chi connectivity index (χ0v) is 15.5. The minimum atomic E-state index is -5.37. The fourth-order valence-electron chi connectivity index (χ4n) is 2.38. The highest BCUT2D eigenvalue weighted by atomic mass is 19.4. The average molecular weight is 414 g/mol. The SMILES string of the molecule is CCOC(=O)[C@](NC(=O)c1ccc(OC)cc1)(Nc1ccccc1F)C(F)(F)F. The highest BCUT2D eigenvalue weighted by Gasteiger charge is 2.64. The van der Waals surface area contributed by atoms with Crippen LogP contribution in [-0.4, -0.2) is 37.4 Å². The number of hydrogen-bond donors (Lipinski definition) is 2. The normalized spacial score (nSPS) is 13.2. The zero-order valence-electron chi connectivity index (χ0n) is 15.5. The number of esters is 1. The van der Waals surface area contributed by atoms with Crippen LogP contribution in [0.25, 0.3) is 0 Å². The lowest BCUT2D eigenvalue weighted by atomic mass is 10.1. The molecule has 1 atom stereocenters. The summed E-state index contributed by atoms with van der Waals surface area (Å²) in [4.78, 5) is 24.8. The molecule has 0 unspecified atom stereocenters. The van der Waals surface area contributed by atoms with Crippen molar-refractivity contribution in [1.29, 1.82) is 0 Å². The number of ether oxygens (including phenoxy) is 2. The van der Waals surface area contributed by atoms with Gasteiger partial charge in [0.25, 0.3) is 5.91 Å². The molecule has 156 valence electrons. The van der Waals surface area contributed by atoms with Gasteiger partial charge in [0.05, 0.1) is 19.4 Å². The van der Waals surface area contributed by atoms with Gasteiger partial charge >= 0.3 is 17.8 Å². The Balaban J connectivity index is 2.50. The summed E-state index contributed by atoms with van der Waals surface area (Å²) in [6, 6.07) is 9.57. The van der Waals surface area contributed by atoms with Crippen LogP contribution in [0.4, 0.5) is 23.2 Å². The van der Waals surface area contributed by atoms with Crippen LogP contribution in [0.3, 0.4) is 0 Å². The van der Waals surface area contributed by atoms with E-state index in [1.165, 1.54) is 50.4 Å². The van der Waals surface area contributed by atoms with E-state index in [1.54, 1.807) is 10.6 Å². The lowest BCUT2D eigenvalue weighted by Gasteiger charge is -2.35. The van der Waals surface area contributed by atoms with Crippen LogP contribution < -0.4 is 15.4 Å². The van der Waals surface area contributed by atoms with Crippen LogP contribution in [0, 0.1) is 5.82 Å². The molecule has 2 aromatic carbocycles. The van der Waals surface area contributed by atoms with Crippen molar-refractivity contribution >= 4 is 17.6 Å². The van der Waals surface area contributed by atoms with Crippen molar-refractivity contribution in [3.63, 3.8) is 0 Å². The van der Waals surface area contributed by atoms with Crippen molar-refractivity contribution in [2.75, 3.05) is 19.0 Å². The summed E-state index contributed by atoms with van der Waals surface area (Å²) in [6.45, 7) is 0.904. The Kier molecular flexibility index (Phi) is 6.68. The third-order valence-electron chi connectivity index (χ3n) is 3.86.